The first-order valence-electron chi connectivity index (χ1n) is 10.2. The van der Waals surface area contributed by atoms with E-state index in [0.717, 1.165) is 16.3 Å². The second-order valence-corrected chi connectivity index (χ2v) is 7.58. The minimum atomic E-state index is -4.83. The summed E-state index contributed by atoms with van der Waals surface area (Å²) >= 11 is 0. The minimum Gasteiger partial charge on any atom is -0.489 e. The topological polar surface area (TPSA) is 39.4 Å². The van der Waals surface area contributed by atoms with Crippen LogP contribution in [-0.2, 0) is 12.8 Å². The summed E-state index contributed by atoms with van der Waals surface area (Å²) in [6.45, 7) is 0.214. The molecule has 0 aliphatic heterocycles. The molecule has 0 aliphatic carbocycles. The van der Waals surface area contributed by atoms with Gasteiger partial charge in [0, 0.05) is 6.07 Å². The van der Waals surface area contributed by atoms with Gasteiger partial charge in [-0.2, -0.15) is 13.2 Å². The Labute approximate surface area is 186 Å². The first-order chi connectivity index (χ1) is 15.9. The molecule has 0 radical (unpaired) electrons. The molecule has 0 atom stereocenters. The van der Waals surface area contributed by atoms with Crippen molar-refractivity contribution < 1.29 is 22.3 Å². The van der Waals surface area contributed by atoms with Crippen molar-refractivity contribution >= 4 is 21.7 Å². The number of alkyl halides is 3. The molecular formula is C27H17F3O3. The van der Waals surface area contributed by atoms with Crippen molar-refractivity contribution in [1.29, 1.82) is 0 Å². The third-order valence-electron chi connectivity index (χ3n) is 5.46. The Hall–Kier alpha value is -4.06. The van der Waals surface area contributed by atoms with Crippen LogP contribution in [0, 0.1) is 0 Å². The van der Waals surface area contributed by atoms with Gasteiger partial charge in [0.25, 0.3) is 0 Å². The molecule has 0 N–H and O–H groups in total. The SMILES string of the molecule is O=c1c(-c2ccccc2)c(C(F)(F)F)oc2cc(OCc3cccc4ccccc34)ccc12. The maximum atomic E-state index is 13.8. The Bertz CT molecular complexity index is 1510. The zero-order valence-corrected chi connectivity index (χ0v) is 17.2. The highest BCUT2D eigenvalue weighted by Gasteiger charge is 2.39. The molecule has 0 saturated heterocycles. The van der Waals surface area contributed by atoms with Crippen LogP contribution in [0.15, 0.2) is 100 Å². The van der Waals surface area contributed by atoms with Gasteiger partial charge in [-0.1, -0.05) is 72.8 Å². The van der Waals surface area contributed by atoms with Crippen LogP contribution in [0.4, 0.5) is 13.2 Å². The lowest BCUT2D eigenvalue weighted by molar-refractivity contribution is -0.152. The van der Waals surface area contributed by atoms with E-state index in [1.54, 1.807) is 24.3 Å². The summed E-state index contributed by atoms with van der Waals surface area (Å²) in [7, 11) is 0. The minimum absolute atomic E-state index is 0.0550. The average molecular weight is 446 g/mol. The Morgan fingerprint density at radius 1 is 0.788 bits per heavy atom. The quantitative estimate of drug-likeness (QED) is 0.293. The van der Waals surface area contributed by atoms with Crippen LogP contribution in [-0.4, -0.2) is 0 Å². The zero-order chi connectivity index (χ0) is 23.0. The third-order valence-corrected chi connectivity index (χ3v) is 5.46. The smallest absolute Gasteiger partial charge is 0.450 e. The van der Waals surface area contributed by atoms with E-state index in [4.69, 9.17) is 9.15 Å². The van der Waals surface area contributed by atoms with Crippen molar-refractivity contribution in [2.45, 2.75) is 12.8 Å². The molecule has 0 amide bonds. The van der Waals surface area contributed by atoms with E-state index >= 15 is 0 Å². The molecule has 0 saturated carbocycles. The summed E-state index contributed by atoms with van der Waals surface area (Å²) in [5.74, 6) is -1.02. The lowest BCUT2D eigenvalue weighted by Gasteiger charge is -2.14. The van der Waals surface area contributed by atoms with Gasteiger partial charge in [0.15, 0.2) is 0 Å². The van der Waals surface area contributed by atoms with Gasteiger partial charge in [-0.05, 0) is 34.0 Å². The monoisotopic (exact) mass is 446 g/mol. The Kier molecular flexibility index (Phi) is 5.13. The van der Waals surface area contributed by atoms with Crippen molar-refractivity contribution in [3.63, 3.8) is 0 Å². The van der Waals surface area contributed by atoms with E-state index < -0.39 is 22.9 Å². The first kappa shape index (κ1) is 20.8. The molecule has 164 valence electrons. The van der Waals surface area contributed by atoms with Crippen molar-refractivity contribution in [2.75, 3.05) is 0 Å². The van der Waals surface area contributed by atoms with E-state index in [1.165, 1.54) is 24.3 Å². The summed E-state index contributed by atoms with van der Waals surface area (Å²) in [6, 6.07) is 25.7. The highest BCUT2D eigenvalue weighted by Crippen LogP contribution is 2.37. The summed E-state index contributed by atoms with van der Waals surface area (Å²) < 4.78 is 52.5. The Morgan fingerprint density at radius 3 is 2.30 bits per heavy atom. The predicted molar refractivity (Wildman–Crippen MR) is 121 cm³/mol. The molecule has 33 heavy (non-hydrogen) atoms. The van der Waals surface area contributed by atoms with E-state index in [-0.39, 0.29) is 23.1 Å². The molecule has 0 bridgehead atoms. The van der Waals surface area contributed by atoms with Crippen molar-refractivity contribution in [3.8, 4) is 16.9 Å². The Balaban J connectivity index is 1.56. The highest BCUT2D eigenvalue weighted by atomic mass is 19.4. The van der Waals surface area contributed by atoms with Gasteiger partial charge in [0.05, 0.1) is 10.9 Å². The van der Waals surface area contributed by atoms with Gasteiger partial charge in [-0.25, -0.2) is 0 Å². The molecule has 0 unspecified atom stereocenters. The van der Waals surface area contributed by atoms with E-state index in [9.17, 15) is 18.0 Å². The summed E-state index contributed by atoms with van der Waals surface area (Å²) in [6.07, 6.45) is -4.83. The molecule has 5 rings (SSSR count). The molecule has 6 heteroatoms. The second-order valence-electron chi connectivity index (χ2n) is 7.58. The van der Waals surface area contributed by atoms with Crippen LogP contribution in [0.25, 0.3) is 32.9 Å². The third kappa shape index (κ3) is 3.96. The largest absolute Gasteiger partial charge is 0.489 e. The number of halogens is 3. The maximum absolute atomic E-state index is 13.8. The number of benzene rings is 4. The molecule has 1 heterocycles. The van der Waals surface area contributed by atoms with E-state index in [2.05, 4.69) is 0 Å². The van der Waals surface area contributed by atoms with Crippen LogP contribution in [0.5, 0.6) is 5.75 Å². The predicted octanol–water partition coefficient (Wildman–Crippen LogP) is 7.21. The normalized spacial score (nSPS) is 11.7. The summed E-state index contributed by atoms with van der Waals surface area (Å²) in [4.78, 5) is 13.0. The number of ether oxygens (including phenoxy) is 1. The summed E-state index contributed by atoms with van der Waals surface area (Å²) in [5, 5.41) is 2.14. The summed E-state index contributed by atoms with van der Waals surface area (Å²) in [5.41, 5.74) is -0.334. The molecule has 0 aliphatic rings. The van der Waals surface area contributed by atoms with Crippen molar-refractivity contribution in [1.82, 2.24) is 0 Å². The van der Waals surface area contributed by atoms with Crippen LogP contribution in [0.3, 0.4) is 0 Å². The molecule has 4 aromatic carbocycles. The fourth-order valence-electron chi connectivity index (χ4n) is 3.91. The highest BCUT2D eigenvalue weighted by molar-refractivity contribution is 5.86. The van der Waals surface area contributed by atoms with Crippen LogP contribution < -0.4 is 10.2 Å². The molecule has 1 aromatic heterocycles. The molecule has 0 spiro atoms. The lowest BCUT2D eigenvalue weighted by atomic mass is 10.0. The molecule has 5 aromatic rings. The maximum Gasteiger partial charge on any atom is 0.450 e. The molecular weight excluding hydrogens is 429 g/mol. The molecule has 3 nitrogen and oxygen atoms in total. The van der Waals surface area contributed by atoms with Crippen molar-refractivity contribution in [3.05, 3.63) is 113 Å². The van der Waals surface area contributed by atoms with Gasteiger partial charge in [-0.3, -0.25) is 4.79 Å². The number of hydrogen-bond acceptors (Lipinski definition) is 3. The fraction of sp³-hybridized carbons (Fsp3) is 0.0741. The number of rotatable bonds is 4. The lowest BCUT2D eigenvalue weighted by Crippen LogP contribution is -2.16. The number of hydrogen-bond donors (Lipinski definition) is 0. The van der Waals surface area contributed by atoms with Gasteiger partial charge >= 0.3 is 6.18 Å². The van der Waals surface area contributed by atoms with Crippen LogP contribution in [0.1, 0.15) is 11.3 Å². The van der Waals surface area contributed by atoms with E-state index in [0.29, 0.717) is 5.75 Å². The van der Waals surface area contributed by atoms with Crippen molar-refractivity contribution in [2.24, 2.45) is 0 Å². The standard InChI is InChI=1S/C27H17F3O3/c28-27(29,30)26-24(18-8-2-1-3-9-18)25(31)22-14-13-20(15-23(22)33-26)32-16-19-11-6-10-17-7-4-5-12-21(17)19/h1-15H,16H2. The van der Waals surface area contributed by atoms with Gasteiger partial charge in [0.2, 0.25) is 11.2 Å². The van der Waals surface area contributed by atoms with Crippen LogP contribution in [0.2, 0.25) is 0 Å². The first-order valence-corrected chi connectivity index (χ1v) is 10.2. The second kappa shape index (κ2) is 8.13. The molecule has 0 fully saturated rings. The van der Waals surface area contributed by atoms with Crippen LogP contribution >= 0.6 is 0 Å². The fourth-order valence-corrected chi connectivity index (χ4v) is 3.91. The van der Waals surface area contributed by atoms with Gasteiger partial charge < -0.3 is 9.15 Å². The zero-order valence-electron chi connectivity index (χ0n) is 17.2. The average Bonchev–Trinajstić information content (AvgIpc) is 2.82. The van der Waals surface area contributed by atoms with E-state index in [1.807, 2.05) is 42.5 Å². The Morgan fingerprint density at radius 2 is 1.52 bits per heavy atom. The number of fused-ring (bicyclic) bond motifs is 2. The van der Waals surface area contributed by atoms with Gasteiger partial charge in [0.1, 0.15) is 17.9 Å². The van der Waals surface area contributed by atoms with Gasteiger partial charge in [-0.15, -0.1) is 0 Å².